The number of rotatable bonds is 0. The van der Waals surface area contributed by atoms with E-state index >= 15 is 0 Å². The molecule has 1 atom stereocenters. The topological polar surface area (TPSA) is 69.7 Å². The van der Waals surface area contributed by atoms with Crippen LogP contribution in [0.3, 0.4) is 0 Å². The smallest absolute Gasteiger partial charge is 0.225 e. The first-order chi connectivity index (χ1) is 10.6. The van der Waals surface area contributed by atoms with Gasteiger partial charge in [0.2, 0.25) is 5.88 Å². The number of aromatic nitrogens is 1. The van der Waals surface area contributed by atoms with Crippen molar-refractivity contribution >= 4 is 19.1 Å². The molecule has 22 heavy (non-hydrogen) atoms. The highest BCUT2D eigenvalue weighted by Gasteiger charge is 2.45. The molecule has 2 aromatic rings. The van der Waals surface area contributed by atoms with Crippen LogP contribution in [0.1, 0.15) is 16.7 Å². The van der Waals surface area contributed by atoms with Crippen molar-refractivity contribution in [2.24, 2.45) is 10.7 Å². The molecule has 1 spiro atoms. The first-order valence-corrected chi connectivity index (χ1v) is 7.05. The summed E-state index contributed by atoms with van der Waals surface area (Å²) in [5, 5.41) is 0. The molecule has 2 aliphatic rings. The summed E-state index contributed by atoms with van der Waals surface area (Å²) in [6.07, 6.45) is 1.57. The number of pyridine rings is 1. The van der Waals surface area contributed by atoms with Crippen molar-refractivity contribution in [2.75, 3.05) is 13.2 Å². The Bertz CT molecular complexity index is 752. The number of hydrogen-bond acceptors (Lipinski definition) is 5. The van der Waals surface area contributed by atoms with Crippen LogP contribution in [0.5, 0.6) is 11.6 Å². The standard InChI is InChI=1S/C16H14BN3O2/c1-9-2-3-13-11(4-9)16(8-21-7-14(18)20-16)12-5-10(17)6-19-15(12)22-13/h2-6H,7-8H2,1H3,(H2,18,20). The molecule has 0 saturated carbocycles. The molecule has 4 rings (SSSR count). The highest BCUT2D eigenvalue weighted by molar-refractivity contribution is 6.32. The third-order valence-electron chi connectivity index (χ3n) is 4.00. The summed E-state index contributed by atoms with van der Waals surface area (Å²) in [7, 11) is 5.92. The minimum absolute atomic E-state index is 0.328. The van der Waals surface area contributed by atoms with Gasteiger partial charge in [0, 0.05) is 17.3 Å². The van der Waals surface area contributed by atoms with Crippen LogP contribution in [0.25, 0.3) is 0 Å². The molecule has 108 valence electrons. The van der Waals surface area contributed by atoms with Gasteiger partial charge in [-0.25, -0.2) is 4.98 Å². The maximum atomic E-state index is 5.96. The molecule has 3 heterocycles. The molecule has 0 saturated heterocycles. The molecule has 1 aromatic carbocycles. The molecule has 1 unspecified atom stereocenters. The maximum Gasteiger partial charge on any atom is 0.225 e. The quantitative estimate of drug-likeness (QED) is 0.733. The van der Waals surface area contributed by atoms with E-state index in [2.05, 4.69) is 4.98 Å². The highest BCUT2D eigenvalue weighted by Crippen LogP contribution is 2.49. The predicted molar refractivity (Wildman–Crippen MR) is 84.1 cm³/mol. The molecule has 0 bridgehead atoms. The molecule has 6 heteroatoms. The summed E-state index contributed by atoms with van der Waals surface area (Å²) >= 11 is 0. The molecular weight excluding hydrogens is 277 g/mol. The monoisotopic (exact) mass is 291 g/mol. The van der Waals surface area contributed by atoms with E-state index in [-0.39, 0.29) is 0 Å². The number of nitrogens with two attached hydrogens (primary N) is 1. The fraction of sp³-hybridized carbons (Fsp3) is 0.250. The van der Waals surface area contributed by atoms with Crippen LogP contribution in [-0.2, 0) is 10.3 Å². The lowest BCUT2D eigenvalue weighted by Gasteiger charge is -2.39. The molecule has 5 nitrogen and oxygen atoms in total. The average Bonchev–Trinajstić information content (AvgIpc) is 2.49. The number of nitrogens with zero attached hydrogens (tertiary/aromatic N) is 2. The highest BCUT2D eigenvalue weighted by atomic mass is 16.5. The van der Waals surface area contributed by atoms with Crippen molar-refractivity contribution in [1.82, 2.24) is 4.98 Å². The molecule has 2 N–H and O–H groups in total. The van der Waals surface area contributed by atoms with Crippen LogP contribution in [0.15, 0.2) is 35.5 Å². The molecular formula is C16H14BN3O2. The Labute approximate surface area is 129 Å². The summed E-state index contributed by atoms with van der Waals surface area (Å²) < 4.78 is 11.6. The summed E-state index contributed by atoms with van der Waals surface area (Å²) in [4.78, 5) is 9.03. The fourth-order valence-corrected chi connectivity index (χ4v) is 3.04. The fourth-order valence-electron chi connectivity index (χ4n) is 3.04. The SMILES string of the molecule is [B]c1cnc2c(c1)C1(COCC(N)=N1)c1cc(C)ccc1O2. The van der Waals surface area contributed by atoms with Gasteiger partial charge in [-0.05, 0) is 19.1 Å². The van der Waals surface area contributed by atoms with Crippen LogP contribution in [0.2, 0.25) is 0 Å². The summed E-state index contributed by atoms with van der Waals surface area (Å²) in [5.41, 5.74) is 8.59. The van der Waals surface area contributed by atoms with Gasteiger partial charge in [0.25, 0.3) is 0 Å². The van der Waals surface area contributed by atoms with E-state index in [0.29, 0.717) is 30.4 Å². The van der Waals surface area contributed by atoms with Crippen molar-refractivity contribution in [1.29, 1.82) is 0 Å². The Morgan fingerprint density at radius 2 is 2.14 bits per heavy atom. The van der Waals surface area contributed by atoms with Crippen molar-refractivity contribution < 1.29 is 9.47 Å². The zero-order valence-electron chi connectivity index (χ0n) is 12.2. The Morgan fingerprint density at radius 3 is 2.95 bits per heavy atom. The Morgan fingerprint density at radius 1 is 1.27 bits per heavy atom. The number of hydrogen-bond donors (Lipinski definition) is 1. The molecule has 1 aromatic heterocycles. The number of aliphatic imine (C=N–C) groups is 1. The van der Waals surface area contributed by atoms with Crippen LogP contribution < -0.4 is 15.9 Å². The van der Waals surface area contributed by atoms with Crippen molar-refractivity contribution in [2.45, 2.75) is 12.5 Å². The zero-order valence-corrected chi connectivity index (χ0v) is 12.2. The third-order valence-corrected chi connectivity index (χ3v) is 4.00. The van der Waals surface area contributed by atoms with Gasteiger partial charge in [0.15, 0.2) is 0 Å². The Hall–Kier alpha value is -2.34. The van der Waals surface area contributed by atoms with Gasteiger partial charge in [0.05, 0.1) is 6.61 Å². The van der Waals surface area contributed by atoms with Crippen LogP contribution in [0.4, 0.5) is 0 Å². The second-order valence-electron chi connectivity index (χ2n) is 5.68. The molecule has 2 aliphatic heterocycles. The van der Waals surface area contributed by atoms with E-state index in [1.165, 1.54) is 0 Å². The number of ether oxygens (including phenoxy) is 2. The predicted octanol–water partition coefficient (Wildman–Crippen LogP) is 0.921. The summed E-state index contributed by atoms with van der Waals surface area (Å²) in [5.74, 6) is 1.67. The number of fused-ring (bicyclic) bond motifs is 4. The van der Waals surface area contributed by atoms with E-state index in [1.807, 2.05) is 31.2 Å². The third kappa shape index (κ3) is 1.84. The van der Waals surface area contributed by atoms with E-state index in [9.17, 15) is 0 Å². The molecule has 2 radical (unpaired) electrons. The van der Waals surface area contributed by atoms with Crippen molar-refractivity contribution in [3.05, 3.63) is 47.2 Å². The second-order valence-corrected chi connectivity index (χ2v) is 5.68. The van der Waals surface area contributed by atoms with Crippen molar-refractivity contribution in [3.8, 4) is 11.6 Å². The van der Waals surface area contributed by atoms with Crippen LogP contribution in [0, 0.1) is 6.92 Å². The van der Waals surface area contributed by atoms with E-state index in [1.54, 1.807) is 6.20 Å². The summed E-state index contributed by atoms with van der Waals surface area (Å²) in [6.45, 7) is 2.73. The minimum atomic E-state index is -0.750. The largest absolute Gasteiger partial charge is 0.438 e. The van der Waals surface area contributed by atoms with Crippen LogP contribution >= 0.6 is 0 Å². The van der Waals surface area contributed by atoms with Gasteiger partial charge < -0.3 is 15.2 Å². The van der Waals surface area contributed by atoms with Crippen molar-refractivity contribution in [3.63, 3.8) is 0 Å². The number of aryl methyl sites for hydroxylation is 1. The zero-order chi connectivity index (χ0) is 15.3. The lowest BCUT2D eigenvalue weighted by molar-refractivity contribution is 0.109. The first-order valence-electron chi connectivity index (χ1n) is 7.05. The molecule has 0 fully saturated rings. The first kappa shape index (κ1) is 13.3. The lowest BCUT2D eigenvalue weighted by Crippen LogP contribution is -2.43. The van der Waals surface area contributed by atoms with Gasteiger partial charge in [-0.2, -0.15) is 0 Å². The van der Waals surface area contributed by atoms with E-state index in [0.717, 1.165) is 22.4 Å². The normalized spacial score (nSPS) is 22.5. The van der Waals surface area contributed by atoms with E-state index < -0.39 is 5.54 Å². The minimum Gasteiger partial charge on any atom is -0.438 e. The van der Waals surface area contributed by atoms with E-state index in [4.69, 9.17) is 28.0 Å². The van der Waals surface area contributed by atoms with Crippen LogP contribution in [-0.4, -0.2) is 31.9 Å². The lowest BCUT2D eigenvalue weighted by atomic mass is 9.79. The summed E-state index contributed by atoms with van der Waals surface area (Å²) in [6, 6.07) is 7.80. The maximum absolute atomic E-state index is 5.96. The van der Waals surface area contributed by atoms with Gasteiger partial charge in [-0.15, -0.1) is 0 Å². The Kier molecular flexibility index (Phi) is 2.78. The van der Waals surface area contributed by atoms with Gasteiger partial charge in [-0.3, -0.25) is 4.99 Å². The van der Waals surface area contributed by atoms with Gasteiger partial charge >= 0.3 is 0 Å². The number of benzene rings is 1. The second kappa shape index (κ2) is 4.58. The average molecular weight is 291 g/mol. The van der Waals surface area contributed by atoms with Gasteiger partial charge in [0.1, 0.15) is 31.6 Å². The molecule has 0 aliphatic carbocycles. The number of amidine groups is 1. The molecule has 0 amide bonds. The van der Waals surface area contributed by atoms with Gasteiger partial charge in [-0.1, -0.05) is 23.2 Å². The Balaban J connectivity index is 2.05.